The van der Waals surface area contributed by atoms with Crippen LogP contribution in [0.15, 0.2) is 48.5 Å². The Kier molecular flexibility index (Phi) is 5.95. The maximum atomic E-state index is 5.79. The highest BCUT2D eigenvalue weighted by Crippen LogP contribution is 2.20. The van der Waals surface area contributed by atoms with Crippen molar-refractivity contribution in [3.8, 4) is 23.0 Å². The monoisotopic (exact) mass is 302 g/mol. The molecule has 0 bridgehead atoms. The maximum absolute atomic E-state index is 5.79. The highest BCUT2D eigenvalue weighted by Gasteiger charge is 2.06. The summed E-state index contributed by atoms with van der Waals surface area (Å²) in [6.07, 6.45) is -0.0556. The van der Waals surface area contributed by atoms with E-state index in [4.69, 9.17) is 18.9 Å². The van der Waals surface area contributed by atoms with Gasteiger partial charge in [0.05, 0.1) is 13.7 Å². The molecular formula is C18H22O4. The lowest BCUT2D eigenvalue weighted by Gasteiger charge is -2.16. The van der Waals surface area contributed by atoms with E-state index < -0.39 is 0 Å². The molecule has 2 aromatic rings. The Bertz CT molecular complexity index is 548. The van der Waals surface area contributed by atoms with E-state index >= 15 is 0 Å². The van der Waals surface area contributed by atoms with Crippen LogP contribution in [0.25, 0.3) is 0 Å². The van der Waals surface area contributed by atoms with Gasteiger partial charge in [-0.2, -0.15) is 0 Å². The van der Waals surface area contributed by atoms with Crippen LogP contribution in [0.4, 0.5) is 0 Å². The minimum absolute atomic E-state index is 0.0556. The standard InChI is InChI=1S/C18H22O4/c1-4-20-16-7-9-17(10-8-16)21-13-14(2)22-18-11-5-15(19-3)6-12-18/h5-12,14H,4,13H2,1-3H3. The van der Waals surface area contributed by atoms with Gasteiger partial charge in [0.15, 0.2) is 0 Å². The molecule has 1 atom stereocenters. The highest BCUT2D eigenvalue weighted by molar-refractivity contribution is 5.32. The van der Waals surface area contributed by atoms with Crippen molar-refractivity contribution in [2.24, 2.45) is 0 Å². The average molecular weight is 302 g/mol. The molecule has 0 aliphatic carbocycles. The number of methoxy groups -OCH3 is 1. The topological polar surface area (TPSA) is 36.9 Å². The van der Waals surface area contributed by atoms with E-state index in [1.54, 1.807) is 7.11 Å². The van der Waals surface area contributed by atoms with Crippen molar-refractivity contribution in [1.29, 1.82) is 0 Å². The van der Waals surface area contributed by atoms with Crippen LogP contribution in [-0.2, 0) is 0 Å². The summed E-state index contributed by atoms with van der Waals surface area (Å²) < 4.78 is 22.0. The smallest absolute Gasteiger partial charge is 0.130 e. The zero-order valence-electron chi connectivity index (χ0n) is 13.2. The van der Waals surface area contributed by atoms with Crippen LogP contribution in [-0.4, -0.2) is 26.4 Å². The van der Waals surface area contributed by atoms with E-state index in [9.17, 15) is 0 Å². The molecule has 4 heteroatoms. The summed E-state index contributed by atoms with van der Waals surface area (Å²) in [5.41, 5.74) is 0. The van der Waals surface area contributed by atoms with Gasteiger partial charge in [0, 0.05) is 0 Å². The molecule has 0 spiro atoms. The van der Waals surface area contributed by atoms with E-state index in [1.807, 2.05) is 62.4 Å². The fourth-order valence-corrected chi connectivity index (χ4v) is 1.93. The van der Waals surface area contributed by atoms with Gasteiger partial charge in [0.1, 0.15) is 35.7 Å². The molecule has 1 unspecified atom stereocenters. The van der Waals surface area contributed by atoms with Gasteiger partial charge in [0.2, 0.25) is 0 Å². The summed E-state index contributed by atoms with van der Waals surface area (Å²) >= 11 is 0. The van der Waals surface area contributed by atoms with E-state index in [0.717, 1.165) is 23.0 Å². The second-order valence-corrected chi connectivity index (χ2v) is 4.82. The molecule has 2 aromatic carbocycles. The third-order valence-corrected chi connectivity index (χ3v) is 3.02. The van der Waals surface area contributed by atoms with Crippen LogP contribution in [0, 0.1) is 0 Å². The van der Waals surface area contributed by atoms with Gasteiger partial charge in [-0.15, -0.1) is 0 Å². The number of hydrogen-bond donors (Lipinski definition) is 0. The van der Waals surface area contributed by atoms with Crippen LogP contribution in [0.1, 0.15) is 13.8 Å². The average Bonchev–Trinajstić information content (AvgIpc) is 2.55. The first-order valence-corrected chi connectivity index (χ1v) is 7.37. The van der Waals surface area contributed by atoms with E-state index in [2.05, 4.69) is 0 Å². The molecule has 0 radical (unpaired) electrons. The first-order valence-electron chi connectivity index (χ1n) is 7.37. The van der Waals surface area contributed by atoms with Crippen molar-refractivity contribution in [1.82, 2.24) is 0 Å². The Balaban J connectivity index is 1.80. The van der Waals surface area contributed by atoms with Crippen molar-refractivity contribution in [3.05, 3.63) is 48.5 Å². The highest BCUT2D eigenvalue weighted by atomic mass is 16.5. The molecule has 0 saturated heterocycles. The first kappa shape index (κ1) is 16.0. The molecule has 0 aliphatic rings. The van der Waals surface area contributed by atoms with Crippen LogP contribution in [0.3, 0.4) is 0 Å². The summed E-state index contributed by atoms with van der Waals surface area (Å²) in [4.78, 5) is 0. The third-order valence-electron chi connectivity index (χ3n) is 3.02. The fraction of sp³-hybridized carbons (Fsp3) is 0.333. The molecule has 0 heterocycles. The molecular weight excluding hydrogens is 280 g/mol. The fourth-order valence-electron chi connectivity index (χ4n) is 1.93. The van der Waals surface area contributed by atoms with E-state index in [1.165, 1.54) is 0 Å². The van der Waals surface area contributed by atoms with Crippen molar-refractivity contribution < 1.29 is 18.9 Å². The van der Waals surface area contributed by atoms with Crippen molar-refractivity contribution >= 4 is 0 Å². The Morgan fingerprint density at radius 3 is 1.82 bits per heavy atom. The third kappa shape index (κ3) is 4.88. The molecule has 0 aliphatic heterocycles. The number of rotatable bonds is 8. The predicted molar refractivity (Wildman–Crippen MR) is 86.2 cm³/mol. The minimum atomic E-state index is -0.0556. The van der Waals surface area contributed by atoms with E-state index in [0.29, 0.717) is 13.2 Å². The Hall–Kier alpha value is -2.36. The number of hydrogen-bond acceptors (Lipinski definition) is 4. The Labute approximate surface area is 131 Å². The summed E-state index contributed by atoms with van der Waals surface area (Å²) in [5.74, 6) is 3.25. The first-order chi connectivity index (χ1) is 10.7. The van der Waals surface area contributed by atoms with Gasteiger partial charge in [-0.3, -0.25) is 0 Å². The van der Waals surface area contributed by atoms with Crippen LogP contribution >= 0.6 is 0 Å². The summed E-state index contributed by atoms with van der Waals surface area (Å²) in [5, 5.41) is 0. The minimum Gasteiger partial charge on any atom is -0.497 e. The molecule has 118 valence electrons. The lowest BCUT2D eigenvalue weighted by atomic mass is 10.3. The SMILES string of the molecule is CCOc1ccc(OCC(C)Oc2ccc(OC)cc2)cc1. The van der Waals surface area contributed by atoms with Crippen LogP contribution < -0.4 is 18.9 Å². The largest absolute Gasteiger partial charge is 0.497 e. The molecule has 4 nitrogen and oxygen atoms in total. The molecule has 0 N–H and O–H groups in total. The maximum Gasteiger partial charge on any atom is 0.130 e. The zero-order valence-corrected chi connectivity index (χ0v) is 13.2. The van der Waals surface area contributed by atoms with E-state index in [-0.39, 0.29) is 6.10 Å². The van der Waals surface area contributed by atoms with Gasteiger partial charge < -0.3 is 18.9 Å². The predicted octanol–water partition coefficient (Wildman–Crippen LogP) is 3.94. The normalized spacial score (nSPS) is 11.6. The molecule has 2 rings (SSSR count). The van der Waals surface area contributed by atoms with Crippen molar-refractivity contribution in [2.45, 2.75) is 20.0 Å². The Morgan fingerprint density at radius 2 is 1.27 bits per heavy atom. The van der Waals surface area contributed by atoms with Gasteiger partial charge in [-0.05, 0) is 62.4 Å². The van der Waals surface area contributed by atoms with Gasteiger partial charge in [0.25, 0.3) is 0 Å². The lowest BCUT2D eigenvalue weighted by molar-refractivity contribution is 0.143. The second-order valence-electron chi connectivity index (χ2n) is 4.82. The Morgan fingerprint density at radius 1 is 0.773 bits per heavy atom. The number of benzene rings is 2. The number of ether oxygens (including phenoxy) is 4. The summed E-state index contributed by atoms with van der Waals surface area (Å²) in [6, 6.07) is 15.1. The molecule has 0 fully saturated rings. The van der Waals surface area contributed by atoms with Gasteiger partial charge >= 0.3 is 0 Å². The van der Waals surface area contributed by atoms with Crippen LogP contribution in [0.5, 0.6) is 23.0 Å². The quantitative estimate of drug-likeness (QED) is 0.740. The summed E-state index contributed by atoms with van der Waals surface area (Å²) in [7, 11) is 1.64. The van der Waals surface area contributed by atoms with Gasteiger partial charge in [-0.1, -0.05) is 0 Å². The second kappa shape index (κ2) is 8.17. The molecule has 0 saturated carbocycles. The zero-order chi connectivity index (χ0) is 15.8. The molecule has 0 amide bonds. The molecule has 0 aromatic heterocycles. The summed E-state index contributed by atoms with van der Waals surface area (Å²) in [6.45, 7) is 5.06. The van der Waals surface area contributed by atoms with Gasteiger partial charge in [-0.25, -0.2) is 0 Å². The lowest BCUT2D eigenvalue weighted by Crippen LogP contribution is -2.21. The van der Waals surface area contributed by atoms with Crippen molar-refractivity contribution in [3.63, 3.8) is 0 Å². The van der Waals surface area contributed by atoms with Crippen molar-refractivity contribution in [2.75, 3.05) is 20.3 Å². The molecule has 22 heavy (non-hydrogen) atoms. The van der Waals surface area contributed by atoms with Crippen LogP contribution in [0.2, 0.25) is 0 Å².